The average molecular weight is 255 g/mol. The van der Waals surface area contributed by atoms with Crippen molar-refractivity contribution in [3.8, 4) is 0 Å². The van der Waals surface area contributed by atoms with Crippen LogP contribution in [0.4, 0.5) is 0 Å². The van der Waals surface area contributed by atoms with Crippen LogP contribution in [-0.2, 0) is 14.2 Å². The number of nitrogens with one attached hydrogen (secondary N) is 1. The first kappa shape index (κ1) is 12.9. The number of rotatable bonds is 2. The van der Waals surface area contributed by atoms with E-state index < -0.39 is 0 Å². The minimum atomic E-state index is 0.0588. The lowest BCUT2D eigenvalue weighted by molar-refractivity contribution is -0.179. The van der Waals surface area contributed by atoms with Gasteiger partial charge in [0.25, 0.3) is 0 Å². The molecule has 3 fully saturated rings. The molecular formula is C14H25NO3. The van der Waals surface area contributed by atoms with Crippen LogP contribution in [0.5, 0.6) is 0 Å². The van der Waals surface area contributed by atoms with Gasteiger partial charge in [-0.05, 0) is 38.6 Å². The van der Waals surface area contributed by atoms with Gasteiger partial charge in [-0.2, -0.15) is 0 Å². The van der Waals surface area contributed by atoms with E-state index in [1.54, 1.807) is 0 Å². The summed E-state index contributed by atoms with van der Waals surface area (Å²) in [7, 11) is 0. The predicted octanol–water partition coefficient (Wildman–Crippen LogP) is 1.48. The Labute approximate surface area is 109 Å². The van der Waals surface area contributed by atoms with Crippen LogP contribution in [0, 0.1) is 0 Å². The van der Waals surface area contributed by atoms with Gasteiger partial charge < -0.3 is 19.5 Å². The molecule has 3 heterocycles. The van der Waals surface area contributed by atoms with Gasteiger partial charge in [0.15, 0.2) is 0 Å². The summed E-state index contributed by atoms with van der Waals surface area (Å²) in [6.07, 6.45) is 7.45. The summed E-state index contributed by atoms with van der Waals surface area (Å²) in [5, 5.41) is 3.42. The van der Waals surface area contributed by atoms with Crippen LogP contribution in [0.2, 0.25) is 0 Å². The SMILES string of the molecule is C1CNCC(OC2CCOC3(CCOCC3)C2)C1. The Morgan fingerprint density at radius 3 is 2.72 bits per heavy atom. The molecule has 3 aliphatic rings. The minimum Gasteiger partial charge on any atom is -0.381 e. The fourth-order valence-electron chi connectivity index (χ4n) is 3.40. The molecule has 2 unspecified atom stereocenters. The molecule has 1 spiro atoms. The molecular weight excluding hydrogens is 230 g/mol. The van der Waals surface area contributed by atoms with Gasteiger partial charge in [0.1, 0.15) is 0 Å². The molecule has 0 radical (unpaired) electrons. The molecule has 0 amide bonds. The molecule has 0 saturated carbocycles. The summed E-state index contributed by atoms with van der Waals surface area (Å²) in [6.45, 7) is 4.71. The largest absolute Gasteiger partial charge is 0.381 e. The second kappa shape index (κ2) is 5.87. The summed E-state index contributed by atoms with van der Waals surface area (Å²) < 4.78 is 17.8. The first-order chi connectivity index (χ1) is 8.86. The minimum absolute atomic E-state index is 0.0588. The smallest absolute Gasteiger partial charge is 0.0751 e. The van der Waals surface area contributed by atoms with Gasteiger partial charge in [-0.25, -0.2) is 0 Å². The molecule has 4 nitrogen and oxygen atoms in total. The van der Waals surface area contributed by atoms with Crippen LogP contribution < -0.4 is 5.32 Å². The van der Waals surface area contributed by atoms with Crippen molar-refractivity contribution in [3.63, 3.8) is 0 Å². The third-order valence-electron chi connectivity index (χ3n) is 4.49. The maximum absolute atomic E-state index is 6.28. The van der Waals surface area contributed by atoms with Gasteiger partial charge >= 0.3 is 0 Å². The lowest BCUT2D eigenvalue weighted by atomic mass is 9.85. The zero-order valence-corrected chi connectivity index (χ0v) is 11.2. The summed E-state index contributed by atoms with van der Waals surface area (Å²) in [4.78, 5) is 0. The molecule has 4 heteroatoms. The normalized spacial score (nSPS) is 36.7. The summed E-state index contributed by atoms with van der Waals surface area (Å²) in [5.74, 6) is 0. The second-order valence-electron chi connectivity index (χ2n) is 5.86. The lowest BCUT2D eigenvalue weighted by Gasteiger charge is -2.44. The van der Waals surface area contributed by atoms with E-state index in [1.165, 1.54) is 12.8 Å². The summed E-state index contributed by atoms with van der Waals surface area (Å²) >= 11 is 0. The summed E-state index contributed by atoms with van der Waals surface area (Å²) in [6, 6.07) is 0. The van der Waals surface area contributed by atoms with Crippen molar-refractivity contribution < 1.29 is 14.2 Å². The molecule has 1 N–H and O–H groups in total. The maximum Gasteiger partial charge on any atom is 0.0751 e. The van der Waals surface area contributed by atoms with Gasteiger partial charge in [0.2, 0.25) is 0 Å². The van der Waals surface area contributed by atoms with Crippen molar-refractivity contribution in [2.24, 2.45) is 0 Å². The third-order valence-corrected chi connectivity index (χ3v) is 4.49. The molecule has 0 aliphatic carbocycles. The molecule has 0 bridgehead atoms. The Hall–Kier alpha value is -0.160. The van der Waals surface area contributed by atoms with E-state index in [0.717, 1.165) is 58.6 Å². The van der Waals surface area contributed by atoms with Gasteiger partial charge in [-0.1, -0.05) is 0 Å². The molecule has 104 valence electrons. The van der Waals surface area contributed by atoms with Crippen LogP contribution >= 0.6 is 0 Å². The molecule has 3 rings (SSSR count). The highest BCUT2D eigenvalue weighted by atomic mass is 16.5. The van der Waals surface area contributed by atoms with Gasteiger partial charge in [-0.3, -0.25) is 0 Å². The zero-order chi connectivity index (χ0) is 12.3. The highest BCUT2D eigenvalue weighted by Gasteiger charge is 2.40. The van der Waals surface area contributed by atoms with Crippen LogP contribution in [-0.4, -0.2) is 50.7 Å². The van der Waals surface area contributed by atoms with Gasteiger partial charge in [0, 0.05) is 32.8 Å². The number of ether oxygens (including phenoxy) is 3. The van der Waals surface area contributed by atoms with E-state index in [1.807, 2.05) is 0 Å². The topological polar surface area (TPSA) is 39.7 Å². The first-order valence-electron chi connectivity index (χ1n) is 7.44. The zero-order valence-electron chi connectivity index (χ0n) is 11.2. The van der Waals surface area contributed by atoms with E-state index in [4.69, 9.17) is 14.2 Å². The number of piperidine rings is 1. The van der Waals surface area contributed by atoms with Crippen molar-refractivity contribution >= 4 is 0 Å². The molecule has 3 aliphatic heterocycles. The van der Waals surface area contributed by atoms with Crippen molar-refractivity contribution in [1.29, 1.82) is 0 Å². The van der Waals surface area contributed by atoms with Gasteiger partial charge in [0.05, 0.1) is 17.8 Å². The quantitative estimate of drug-likeness (QED) is 0.811. The Balaban J connectivity index is 1.52. The van der Waals surface area contributed by atoms with Crippen LogP contribution in [0.15, 0.2) is 0 Å². The fraction of sp³-hybridized carbons (Fsp3) is 1.00. The van der Waals surface area contributed by atoms with Crippen molar-refractivity contribution in [3.05, 3.63) is 0 Å². The molecule has 18 heavy (non-hydrogen) atoms. The Kier molecular flexibility index (Phi) is 4.19. The number of hydrogen-bond acceptors (Lipinski definition) is 4. The van der Waals surface area contributed by atoms with Crippen LogP contribution in [0.1, 0.15) is 38.5 Å². The highest BCUT2D eigenvalue weighted by Crippen LogP contribution is 2.35. The van der Waals surface area contributed by atoms with E-state index in [9.17, 15) is 0 Å². The van der Waals surface area contributed by atoms with E-state index in [2.05, 4.69) is 5.32 Å². The molecule has 0 aromatic carbocycles. The van der Waals surface area contributed by atoms with Crippen molar-refractivity contribution in [2.75, 3.05) is 32.9 Å². The Bertz CT molecular complexity index is 254. The Morgan fingerprint density at radius 2 is 1.94 bits per heavy atom. The fourth-order valence-corrected chi connectivity index (χ4v) is 3.40. The van der Waals surface area contributed by atoms with Crippen LogP contribution in [0.25, 0.3) is 0 Å². The van der Waals surface area contributed by atoms with E-state index >= 15 is 0 Å². The molecule has 2 atom stereocenters. The predicted molar refractivity (Wildman–Crippen MR) is 68.7 cm³/mol. The third kappa shape index (κ3) is 3.05. The van der Waals surface area contributed by atoms with Crippen molar-refractivity contribution in [1.82, 2.24) is 5.32 Å². The Morgan fingerprint density at radius 1 is 1.06 bits per heavy atom. The highest BCUT2D eigenvalue weighted by molar-refractivity contribution is 4.90. The average Bonchev–Trinajstić information content (AvgIpc) is 2.41. The lowest BCUT2D eigenvalue weighted by Crippen LogP contribution is -2.48. The van der Waals surface area contributed by atoms with E-state index in [-0.39, 0.29) is 5.60 Å². The first-order valence-corrected chi connectivity index (χ1v) is 7.44. The maximum atomic E-state index is 6.28. The second-order valence-corrected chi connectivity index (χ2v) is 5.86. The standard InChI is InChI=1S/C14H25NO3/c1-2-13(11-15-6-1)18-12-3-7-17-14(10-12)4-8-16-9-5-14/h12-13,15H,1-11H2. The van der Waals surface area contributed by atoms with E-state index in [0.29, 0.717) is 12.2 Å². The molecule has 3 saturated heterocycles. The molecule has 0 aromatic rings. The van der Waals surface area contributed by atoms with Crippen LogP contribution in [0.3, 0.4) is 0 Å². The monoisotopic (exact) mass is 255 g/mol. The summed E-state index contributed by atoms with van der Waals surface area (Å²) in [5.41, 5.74) is 0.0588. The number of hydrogen-bond donors (Lipinski definition) is 1. The van der Waals surface area contributed by atoms with Gasteiger partial charge in [-0.15, -0.1) is 0 Å². The molecule has 0 aromatic heterocycles. The van der Waals surface area contributed by atoms with Crippen molar-refractivity contribution in [2.45, 2.75) is 56.3 Å².